The monoisotopic (exact) mass is 265 g/mol. The van der Waals surface area contributed by atoms with E-state index in [0.29, 0.717) is 6.54 Å². The van der Waals surface area contributed by atoms with Gasteiger partial charge in [-0.3, -0.25) is 4.31 Å². The third-order valence-electron chi connectivity index (χ3n) is 4.46. The molecule has 2 aliphatic carbocycles. The standard InChI is InChI=1S/C14H19NO2S/c1-2-15(12-7-4-3-5-8-12)18(16,17)13-11-14(13)9-6-10-14/h3-5,7-8,13H,2,6,9-11H2,1H3. The molecule has 3 rings (SSSR count). The average molecular weight is 265 g/mol. The van der Waals surface area contributed by atoms with Crippen LogP contribution in [0.25, 0.3) is 0 Å². The van der Waals surface area contributed by atoms with Gasteiger partial charge in [0.1, 0.15) is 0 Å². The lowest BCUT2D eigenvalue weighted by Gasteiger charge is -2.29. The molecular weight excluding hydrogens is 246 g/mol. The number of benzene rings is 1. The Morgan fingerprint density at radius 1 is 1.28 bits per heavy atom. The van der Waals surface area contributed by atoms with Crippen LogP contribution in [0, 0.1) is 5.41 Å². The van der Waals surface area contributed by atoms with Crippen LogP contribution in [0.1, 0.15) is 32.6 Å². The fraction of sp³-hybridized carbons (Fsp3) is 0.571. The zero-order chi connectivity index (χ0) is 12.8. The molecule has 0 saturated heterocycles. The van der Waals surface area contributed by atoms with E-state index in [2.05, 4.69) is 0 Å². The molecule has 2 aliphatic rings. The Morgan fingerprint density at radius 3 is 2.39 bits per heavy atom. The molecular formula is C14H19NO2S. The molecule has 4 heteroatoms. The van der Waals surface area contributed by atoms with Crippen molar-refractivity contribution in [1.82, 2.24) is 0 Å². The molecule has 18 heavy (non-hydrogen) atoms. The molecule has 0 heterocycles. The highest BCUT2D eigenvalue weighted by atomic mass is 32.2. The topological polar surface area (TPSA) is 37.4 Å². The molecule has 0 aromatic heterocycles. The van der Waals surface area contributed by atoms with Crippen molar-refractivity contribution in [2.75, 3.05) is 10.8 Å². The highest BCUT2D eigenvalue weighted by molar-refractivity contribution is 7.93. The Hall–Kier alpha value is -1.03. The van der Waals surface area contributed by atoms with Crippen molar-refractivity contribution in [3.05, 3.63) is 30.3 Å². The number of hydrogen-bond acceptors (Lipinski definition) is 2. The summed E-state index contributed by atoms with van der Waals surface area (Å²) in [5.41, 5.74) is 0.947. The molecule has 0 N–H and O–H groups in total. The van der Waals surface area contributed by atoms with Crippen LogP contribution in [0.2, 0.25) is 0 Å². The van der Waals surface area contributed by atoms with Gasteiger partial charge in [-0.2, -0.15) is 0 Å². The van der Waals surface area contributed by atoms with Gasteiger partial charge in [0.2, 0.25) is 10.0 Å². The van der Waals surface area contributed by atoms with Crippen molar-refractivity contribution in [3.63, 3.8) is 0 Å². The molecule has 1 aromatic rings. The summed E-state index contributed by atoms with van der Waals surface area (Å²) in [6.45, 7) is 2.42. The largest absolute Gasteiger partial charge is 0.270 e. The van der Waals surface area contributed by atoms with Gasteiger partial charge >= 0.3 is 0 Å². The second-order valence-electron chi connectivity index (χ2n) is 5.45. The first-order chi connectivity index (χ1) is 8.60. The summed E-state index contributed by atoms with van der Waals surface area (Å²) >= 11 is 0. The first kappa shape index (κ1) is 12.0. The van der Waals surface area contributed by atoms with Gasteiger partial charge in [-0.15, -0.1) is 0 Å². The van der Waals surface area contributed by atoms with Gasteiger partial charge in [-0.25, -0.2) is 8.42 Å². The van der Waals surface area contributed by atoms with Crippen molar-refractivity contribution in [1.29, 1.82) is 0 Å². The molecule has 2 saturated carbocycles. The average Bonchev–Trinajstić information content (AvgIpc) is 3.07. The minimum Gasteiger partial charge on any atom is -0.270 e. The molecule has 2 fully saturated rings. The normalized spacial score (nSPS) is 24.6. The van der Waals surface area contributed by atoms with Gasteiger partial charge in [0, 0.05) is 6.54 Å². The second-order valence-corrected chi connectivity index (χ2v) is 7.49. The Morgan fingerprint density at radius 2 is 1.94 bits per heavy atom. The smallest absolute Gasteiger partial charge is 0.238 e. The van der Waals surface area contributed by atoms with Gasteiger partial charge in [0.15, 0.2) is 0 Å². The van der Waals surface area contributed by atoms with Crippen molar-refractivity contribution in [3.8, 4) is 0 Å². The summed E-state index contributed by atoms with van der Waals surface area (Å²) in [5, 5.41) is -0.126. The lowest BCUT2D eigenvalue weighted by atomic mass is 9.82. The first-order valence-corrected chi connectivity index (χ1v) is 8.17. The van der Waals surface area contributed by atoms with E-state index >= 15 is 0 Å². The summed E-state index contributed by atoms with van der Waals surface area (Å²) in [7, 11) is -3.17. The van der Waals surface area contributed by atoms with Crippen molar-refractivity contribution in [2.24, 2.45) is 5.41 Å². The zero-order valence-electron chi connectivity index (χ0n) is 10.7. The Labute approximate surface area is 109 Å². The van der Waals surface area contributed by atoms with Crippen molar-refractivity contribution < 1.29 is 8.42 Å². The quantitative estimate of drug-likeness (QED) is 0.839. The molecule has 1 spiro atoms. The van der Waals surface area contributed by atoms with Crippen LogP contribution in [0.3, 0.4) is 0 Å². The van der Waals surface area contributed by atoms with E-state index in [1.54, 1.807) is 4.31 Å². The lowest BCUT2D eigenvalue weighted by Crippen LogP contribution is -2.36. The van der Waals surface area contributed by atoms with Gasteiger partial charge in [0.05, 0.1) is 10.9 Å². The zero-order valence-corrected chi connectivity index (χ0v) is 11.5. The number of hydrogen-bond donors (Lipinski definition) is 0. The van der Waals surface area contributed by atoms with E-state index in [1.165, 1.54) is 6.42 Å². The van der Waals surface area contributed by atoms with Crippen LogP contribution in [-0.2, 0) is 10.0 Å². The predicted octanol–water partition coefficient (Wildman–Crippen LogP) is 2.79. The summed E-state index contributed by atoms with van der Waals surface area (Å²) in [5.74, 6) is 0. The Balaban J connectivity index is 1.88. The van der Waals surface area contributed by atoms with Crippen LogP contribution in [-0.4, -0.2) is 20.2 Å². The Bertz CT molecular complexity index is 534. The summed E-state index contributed by atoms with van der Waals surface area (Å²) in [4.78, 5) is 0. The molecule has 0 aliphatic heterocycles. The van der Waals surface area contributed by atoms with E-state index in [9.17, 15) is 8.42 Å². The number of sulfonamides is 1. The van der Waals surface area contributed by atoms with E-state index < -0.39 is 10.0 Å². The summed E-state index contributed by atoms with van der Waals surface area (Å²) in [6.07, 6.45) is 4.27. The fourth-order valence-electron chi connectivity index (χ4n) is 3.15. The number of para-hydroxylation sites is 1. The maximum Gasteiger partial charge on any atom is 0.238 e. The molecule has 0 radical (unpaired) electrons. The molecule has 1 unspecified atom stereocenters. The van der Waals surface area contributed by atoms with Crippen molar-refractivity contribution in [2.45, 2.75) is 37.9 Å². The van der Waals surface area contributed by atoms with E-state index in [1.807, 2.05) is 37.3 Å². The SMILES string of the molecule is CCN(c1ccccc1)S(=O)(=O)C1CC12CCC2. The molecule has 1 atom stereocenters. The third-order valence-corrected chi connectivity index (χ3v) is 6.93. The van der Waals surface area contributed by atoms with Gasteiger partial charge in [-0.1, -0.05) is 24.6 Å². The van der Waals surface area contributed by atoms with Crippen LogP contribution in [0.15, 0.2) is 30.3 Å². The summed E-state index contributed by atoms with van der Waals surface area (Å²) in [6, 6.07) is 9.43. The van der Waals surface area contributed by atoms with Crippen LogP contribution >= 0.6 is 0 Å². The minimum atomic E-state index is -3.17. The third kappa shape index (κ3) is 1.66. The fourth-order valence-corrected chi connectivity index (χ4v) is 5.64. The van der Waals surface area contributed by atoms with Crippen LogP contribution < -0.4 is 4.31 Å². The number of nitrogens with zero attached hydrogens (tertiary/aromatic N) is 1. The van der Waals surface area contributed by atoms with Crippen LogP contribution in [0.5, 0.6) is 0 Å². The predicted molar refractivity (Wildman–Crippen MR) is 73.1 cm³/mol. The lowest BCUT2D eigenvalue weighted by molar-refractivity contribution is 0.289. The van der Waals surface area contributed by atoms with E-state index in [4.69, 9.17) is 0 Å². The van der Waals surface area contributed by atoms with E-state index in [0.717, 1.165) is 24.9 Å². The molecule has 1 aromatic carbocycles. The molecule has 98 valence electrons. The first-order valence-electron chi connectivity index (χ1n) is 6.67. The minimum absolute atomic E-state index is 0.126. The number of anilines is 1. The second kappa shape index (κ2) is 3.98. The van der Waals surface area contributed by atoms with Gasteiger partial charge in [0.25, 0.3) is 0 Å². The highest BCUT2D eigenvalue weighted by Crippen LogP contribution is 2.64. The van der Waals surface area contributed by atoms with Crippen molar-refractivity contribution >= 4 is 15.7 Å². The Kier molecular flexibility index (Phi) is 2.66. The van der Waals surface area contributed by atoms with Gasteiger partial charge < -0.3 is 0 Å². The molecule has 3 nitrogen and oxygen atoms in total. The molecule has 0 amide bonds. The highest BCUT2D eigenvalue weighted by Gasteiger charge is 2.64. The van der Waals surface area contributed by atoms with E-state index in [-0.39, 0.29) is 10.7 Å². The maximum atomic E-state index is 12.7. The summed E-state index contributed by atoms with van der Waals surface area (Å²) < 4.78 is 26.9. The molecule has 0 bridgehead atoms. The van der Waals surface area contributed by atoms with Crippen LogP contribution in [0.4, 0.5) is 5.69 Å². The van der Waals surface area contributed by atoms with Gasteiger partial charge in [-0.05, 0) is 43.7 Å². The number of rotatable bonds is 4. The maximum absolute atomic E-state index is 12.7.